The normalized spacial score (nSPS) is 11.8. The molecule has 0 saturated heterocycles. The van der Waals surface area contributed by atoms with Crippen LogP contribution in [0.2, 0.25) is 0 Å². The number of hydrogen-bond acceptors (Lipinski definition) is 4. The number of benzene rings is 2. The van der Waals surface area contributed by atoms with Crippen LogP contribution in [0.4, 0.5) is 20.2 Å². The van der Waals surface area contributed by atoms with Crippen LogP contribution in [0.25, 0.3) is 0 Å². The maximum atomic E-state index is 13.6. The topological polar surface area (TPSA) is 64.7 Å². The Morgan fingerprint density at radius 1 is 0.964 bits per heavy atom. The van der Waals surface area contributed by atoms with Gasteiger partial charge in [-0.2, -0.15) is 0 Å². The Bertz CT molecular complexity index is 839. The van der Waals surface area contributed by atoms with Gasteiger partial charge in [0, 0.05) is 32.4 Å². The van der Waals surface area contributed by atoms with Gasteiger partial charge < -0.3 is 20.4 Å². The van der Waals surface area contributed by atoms with Crippen LogP contribution in [-0.2, 0) is 9.59 Å². The average Bonchev–Trinajstić information content (AvgIpc) is 2.64. The molecule has 1 unspecified atom stereocenters. The van der Waals surface area contributed by atoms with Crippen LogP contribution in [0, 0.1) is 11.6 Å². The summed E-state index contributed by atoms with van der Waals surface area (Å²) in [5.41, 5.74) is 1.62. The van der Waals surface area contributed by atoms with Gasteiger partial charge in [0.1, 0.15) is 11.6 Å². The molecule has 0 aliphatic carbocycles. The monoisotopic (exact) mass is 390 g/mol. The zero-order valence-corrected chi connectivity index (χ0v) is 16.3. The molecule has 6 nitrogen and oxygen atoms in total. The molecule has 1 atom stereocenters. The minimum atomic E-state index is -1.06. The summed E-state index contributed by atoms with van der Waals surface area (Å²) in [7, 11) is 7.61. The van der Waals surface area contributed by atoms with E-state index in [2.05, 4.69) is 10.6 Å². The van der Waals surface area contributed by atoms with Crippen molar-refractivity contribution in [3.05, 3.63) is 59.7 Å². The molecule has 0 fully saturated rings. The van der Waals surface area contributed by atoms with E-state index in [0.29, 0.717) is 0 Å². The maximum absolute atomic E-state index is 13.6. The van der Waals surface area contributed by atoms with E-state index >= 15 is 0 Å². The third-order valence-corrected chi connectivity index (χ3v) is 4.26. The van der Waals surface area contributed by atoms with Crippen molar-refractivity contribution in [2.75, 3.05) is 45.0 Å². The van der Waals surface area contributed by atoms with Gasteiger partial charge in [-0.15, -0.1) is 0 Å². The van der Waals surface area contributed by atoms with Crippen molar-refractivity contribution < 1.29 is 18.4 Å². The summed E-state index contributed by atoms with van der Waals surface area (Å²) >= 11 is 0. The van der Waals surface area contributed by atoms with Gasteiger partial charge in [0.05, 0.1) is 11.7 Å². The molecular weight excluding hydrogens is 366 g/mol. The SMILES string of the molecule is CN(C)c1ccc(C(CNC(=O)C(=O)Nc2cc(F)ccc2F)N(C)C)cc1. The van der Waals surface area contributed by atoms with E-state index in [1.807, 2.05) is 62.3 Å². The summed E-state index contributed by atoms with van der Waals surface area (Å²) in [6.45, 7) is 0.173. The van der Waals surface area contributed by atoms with Crippen molar-refractivity contribution in [1.82, 2.24) is 10.2 Å². The minimum absolute atomic E-state index is 0.168. The van der Waals surface area contributed by atoms with Gasteiger partial charge in [0.15, 0.2) is 0 Å². The van der Waals surface area contributed by atoms with Gasteiger partial charge in [-0.1, -0.05) is 12.1 Å². The van der Waals surface area contributed by atoms with Crippen LogP contribution in [-0.4, -0.2) is 51.4 Å². The second-order valence-corrected chi connectivity index (χ2v) is 6.75. The Balaban J connectivity index is 2.01. The molecule has 0 aliphatic rings. The standard InChI is InChI=1S/C20H24F2N4O2/c1-25(2)15-8-5-13(6-9-15)18(26(3)4)12-23-19(27)20(28)24-17-11-14(21)7-10-16(17)22/h5-11,18H,12H2,1-4H3,(H,23,27)(H,24,28). The van der Waals surface area contributed by atoms with E-state index < -0.39 is 23.4 Å². The molecule has 2 aromatic carbocycles. The summed E-state index contributed by atoms with van der Waals surface area (Å²) in [6, 6.07) is 10.3. The Labute approximate surface area is 163 Å². The number of likely N-dealkylation sites (N-methyl/N-ethyl adjacent to an activating group) is 1. The zero-order valence-electron chi connectivity index (χ0n) is 16.3. The molecule has 28 heavy (non-hydrogen) atoms. The zero-order chi connectivity index (χ0) is 20.8. The number of anilines is 2. The Kier molecular flexibility index (Phi) is 7.06. The molecule has 2 aromatic rings. The second-order valence-electron chi connectivity index (χ2n) is 6.75. The van der Waals surface area contributed by atoms with Gasteiger partial charge in [-0.05, 0) is 43.9 Å². The fourth-order valence-electron chi connectivity index (χ4n) is 2.64. The van der Waals surface area contributed by atoms with Crippen LogP contribution in [0.15, 0.2) is 42.5 Å². The fraction of sp³-hybridized carbons (Fsp3) is 0.300. The van der Waals surface area contributed by atoms with Gasteiger partial charge in [-0.3, -0.25) is 9.59 Å². The summed E-state index contributed by atoms with van der Waals surface area (Å²) in [6.07, 6.45) is 0. The van der Waals surface area contributed by atoms with Gasteiger partial charge in [0.2, 0.25) is 0 Å². The van der Waals surface area contributed by atoms with Crippen molar-refractivity contribution in [1.29, 1.82) is 0 Å². The second kappa shape index (κ2) is 9.27. The highest BCUT2D eigenvalue weighted by molar-refractivity contribution is 6.39. The van der Waals surface area contributed by atoms with Crippen molar-refractivity contribution in [2.45, 2.75) is 6.04 Å². The third kappa shape index (κ3) is 5.50. The van der Waals surface area contributed by atoms with Crippen molar-refractivity contribution in [3.63, 3.8) is 0 Å². The molecule has 2 N–H and O–H groups in total. The quantitative estimate of drug-likeness (QED) is 0.744. The Hall–Kier alpha value is -3.00. The number of carbonyl (C=O) groups excluding carboxylic acids is 2. The van der Waals surface area contributed by atoms with E-state index in [1.165, 1.54) is 0 Å². The molecule has 2 amide bonds. The minimum Gasteiger partial charge on any atom is -0.378 e. The summed E-state index contributed by atoms with van der Waals surface area (Å²) < 4.78 is 26.8. The average molecular weight is 390 g/mol. The van der Waals surface area contributed by atoms with Crippen LogP contribution in [0.1, 0.15) is 11.6 Å². The number of rotatable bonds is 6. The molecule has 0 aromatic heterocycles. The predicted octanol–water partition coefficient (Wildman–Crippen LogP) is 2.39. The lowest BCUT2D eigenvalue weighted by Crippen LogP contribution is -2.40. The molecule has 0 saturated carbocycles. The summed E-state index contributed by atoms with van der Waals surface area (Å²) in [4.78, 5) is 28.0. The summed E-state index contributed by atoms with van der Waals surface area (Å²) in [5, 5.41) is 4.61. The predicted molar refractivity (Wildman–Crippen MR) is 105 cm³/mol. The number of halogens is 2. The Morgan fingerprint density at radius 2 is 1.61 bits per heavy atom. The van der Waals surface area contributed by atoms with Crippen LogP contribution in [0.5, 0.6) is 0 Å². The molecule has 0 heterocycles. The lowest BCUT2D eigenvalue weighted by molar-refractivity contribution is -0.136. The number of carbonyl (C=O) groups is 2. The fourth-order valence-corrected chi connectivity index (χ4v) is 2.64. The molecule has 0 radical (unpaired) electrons. The molecule has 0 bridgehead atoms. The molecule has 8 heteroatoms. The van der Waals surface area contributed by atoms with E-state index in [9.17, 15) is 18.4 Å². The maximum Gasteiger partial charge on any atom is 0.313 e. The number of nitrogens with one attached hydrogen (secondary N) is 2. The molecular formula is C20H24F2N4O2. The van der Waals surface area contributed by atoms with Crippen LogP contribution >= 0.6 is 0 Å². The van der Waals surface area contributed by atoms with Crippen LogP contribution in [0.3, 0.4) is 0 Å². The highest BCUT2D eigenvalue weighted by Gasteiger charge is 2.20. The molecule has 150 valence electrons. The first-order valence-corrected chi connectivity index (χ1v) is 8.67. The van der Waals surface area contributed by atoms with Crippen LogP contribution < -0.4 is 15.5 Å². The number of nitrogens with zero attached hydrogens (tertiary/aromatic N) is 2. The highest BCUT2D eigenvalue weighted by Crippen LogP contribution is 2.21. The van der Waals surface area contributed by atoms with Crippen molar-refractivity contribution in [2.24, 2.45) is 0 Å². The molecule has 0 spiro atoms. The third-order valence-electron chi connectivity index (χ3n) is 4.26. The van der Waals surface area contributed by atoms with Gasteiger partial charge >= 0.3 is 11.8 Å². The van der Waals surface area contributed by atoms with Crippen molar-refractivity contribution in [3.8, 4) is 0 Å². The van der Waals surface area contributed by atoms with Crippen molar-refractivity contribution >= 4 is 23.2 Å². The first kappa shape index (κ1) is 21.3. The first-order chi connectivity index (χ1) is 13.2. The summed E-state index contributed by atoms with van der Waals surface area (Å²) in [5.74, 6) is -3.54. The Morgan fingerprint density at radius 3 is 2.18 bits per heavy atom. The van der Waals surface area contributed by atoms with E-state index in [4.69, 9.17) is 0 Å². The number of amides is 2. The van der Waals surface area contributed by atoms with Gasteiger partial charge in [0.25, 0.3) is 0 Å². The van der Waals surface area contributed by atoms with E-state index in [-0.39, 0.29) is 18.3 Å². The number of hydrogen-bond donors (Lipinski definition) is 2. The van der Waals surface area contributed by atoms with Gasteiger partial charge in [-0.25, -0.2) is 8.78 Å². The van der Waals surface area contributed by atoms with E-state index in [1.54, 1.807) is 0 Å². The smallest absolute Gasteiger partial charge is 0.313 e. The first-order valence-electron chi connectivity index (χ1n) is 8.67. The largest absolute Gasteiger partial charge is 0.378 e. The molecule has 0 aliphatic heterocycles. The lowest BCUT2D eigenvalue weighted by atomic mass is 10.1. The highest BCUT2D eigenvalue weighted by atomic mass is 19.1. The lowest BCUT2D eigenvalue weighted by Gasteiger charge is -2.25. The van der Waals surface area contributed by atoms with E-state index in [0.717, 1.165) is 29.4 Å². The molecule has 2 rings (SSSR count).